The van der Waals surface area contributed by atoms with Crippen LogP contribution in [-0.4, -0.2) is 43.3 Å². The molecule has 174 valence electrons. The molecule has 0 spiro atoms. The van der Waals surface area contributed by atoms with Gasteiger partial charge in [-0.05, 0) is 86.9 Å². The van der Waals surface area contributed by atoms with Gasteiger partial charge in [-0.2, -0.15) is 5.26 Å². The Morgan fingerprint density at radius 2 is 1.73 bits per heavy atom. The zero-order valence-electron chi connectivity index (χ0n) is 20.1. The minimum absolute atomic E-state index is 0.313. The van der Waals surface area contributed by atoms with Crippen LogP contribution in [-0.2, 0) is 17.7 Å². The summed E-state index contributed by atoms with van der Waals surface area (Å²) in [6.45, 7) is 8.56. The lowest BCUT2D eigenvalue weighted by Gasteiger charge is -2.35. The standard InChI is InChI=1S/C27H33N3O3/c1-27(2,3)33-26(31)30-15-12-21-23(17-28)25(29-13-6-5-7-14-29)16-22(24(21)18-30)19-8-10-20(32-4)11-9-19/h8-11,16H,5-7,12-15,18H2,1-4H3. The van der Waals surface area contributed by atoms with Crippen molar-refractivity contribution in [1.29, 1.82) is 5.26 Å². The van der Waals surface area contributed by atoms with E-state index >= 15 is 0 Å². The van der Waals surface area contributed by atoms with E-state index in [1.807, 2.05) is 45.0 Å². The van der Waals surface area contributed by atoms with Gasteiger partial charge in [0, 0.05) is 26.2 Å². The molecular weight excluding hydrogens is 414 g/mol. The maximum atomic E-state index is 12.8. The van der Waals surface area contributed by atoms with E-state index in [0.29, 0.717) is 19.5 Å². The molecule has 2 aromatic rings. The van der Waals surface area contributed by atoms with Crippen LogP contribution in [0.25, 0.3) is 11.1 Å². The number of fused-ring (bicyclic) bond motifs is 1. The predicted octanol–water partition coefficient (Wildman–Crippen LogP) is 5.52. The molecule has 1 amide bonds. The van der Waals surface area contributed by atoms with E-state index in [1.54, 1.807) is 12.0 Å². The highest BCUT2D eigenvalue weighted by Gasteiger charge is 2.31. The van der Waals surface area contributed by atoms with Gasteiger partial charge in [0.2, 0.25) is 0 Å². The lowest BCUT2D eigenvalue weighted by atomic mass is 9.86. The van der Waals surface area contributed by atoms with Crippen LogP contribution < -0.4 is 9.64 Å². The molecule has 2 aliphatic heterocycles. The molecule has 6 nitrogen and oxygen atoms in total. The first-order valence-corrected chi connectivity index (χ1v) is 11.8. The molecule has 2 heterocycles. The van der Waals surface area contributed by atoms with Crippen molar-refractivity contribution in [1.82, 2.24) is 4.90 Å². The van der Waals surface area contributed by atoms with Crippen LogP contribution in [0.2, 0.25) is 0 Å². The van der Waals surface area contributed by atoms with E-state index in [9.17, 15) is 10.1 Å². The van der Waals surface area contributed by atoms with Crippen molar-refractivity contribution in [3.05, 3.63) is 47.0 Å². The number of piperidine rings is 1. The Hall–Kier alpha value is -3.20. The van der Waals surface area contributed by atoms with Crippen LogP contribution in [0.15, 0.2) is 30.3 Å². The third-order valence-corrected chi connectivity index (χ3v) is 6.37. The number of rotatable bonds is 3. The maximum Gasteiger partial charge on any atom is 0.410 e. The van der Waals surface area contributed by atoms with Crippen molar-refractivity contribution >= 4 is 11.8 Å². The molecule has 0 atom stereocenters. The minimum atomic E-state index is -0.549. The SMILES string of the molecule is COc1ccc(-c2cc(N3CCCCC3)c(C#N)c3c2CN(C(=O)OC(C)(C)C)CC3)cc1. The fraction of sp³-hybridized carbons (Fsp3) is 0.481. The quantitative estimate of drug-likeness (QED) is 0.620. The van der Waals surface area contributed by atoms with Gasteiger partial charge in [-0.1, -0.05) is 12.1 Å². The number of methoxy groups -OCH3 is 1. The Bertz CT molecular complexity index is 1060. The number of hydrogen-bond donors (Lipinski definition) is 0. The number of anilines is 1. The highest BCUT2D eigenvalue weighted by Crippen LogP contribution is 2.39. The summed E-state index contributed by atoms with van der Waals surface area (Å²) in [5.74, 6) is 0.799. The topological polar surface area (TPSA) is 65.8 Å². The second-order valence-electron chi connectivity index (χ2n) is 9.82. The fourth-order valence-electron chi connectivity index (χ4n) is 4.76. The van der Waals surface area contributed by atoms with Crippen molar-refractivity contribution in [2.45, 2.75) is 58.6 Å². The summed E-state index contributed by atoms with van der Waals surface area (Å²) in [4.78, 5) is 16.9. The molecule has 2 aromatic carbocycles. The number of carbonyl (C=O) groups is 1. The van der Waals surface area contributed by atoms with Crippen LogP contribution in [0.1, 0.15) is 56.7 Å². The molecule has 1 saturated heterocycles. The molecule has 0 unspecified atom stereocenters. The van der Waals surface area contributed by atoms with Gasteiger partial charge in [-0.3, -0.25) is 0 Å². The second kappa shape index (κ2) is 9.35. The fourth-order valence-corrected chi connectivity index (χ4v) is 4.76. The highest BCUT2D eigenvalue weighted by molar-refractivity contribution is 5.80. The van der Waals surface area contributed by atoms with Crippen molar-refractivity contribution < 1.29 is 14.3 Å². The zero-order valence-corrected chi connectivity index (χ0v) is 20.1. The van der Waals surface area contributed by atoms with Crippen molar-refractivity contribution in [2.24, 2.45) is 0 Å². The van der Waals surface area contributed by atoms with Gasteiger partial charge >= 0.3 is 6.09 Å². The first-order chi connectivity index (χ1) is 15.8. The molecule has 0 aromatic heterocycles. The lowest BCUT2D eigenvalue weighted by molar-refractivity contribution is 0.0224. The zero-order chi connectivity index (χ0) is 23.6. The van der Waals surface area contributed by atoms with E-state index in [0.717, 1.165) is 65.2 Å². The monoisotopic (exact) mass is 447 g/mol. The van der Waals surface area contributed by atoms with Crippen LogP contribution >= 0.6 is 0 Å². The van der Waals surface area contributed by atoms with E-state index in [2.05, 4.69) is 17.0 Å². The van der Waals surface area contributed by atoms with Gasteiger partial charge in [-0.25, -0.2) is 4.79 Å². The Labute approximate surface area is 196 Å². The summed E-state index contributed by atoms with van der Waals surface area (Å²) in [7, 11) is 1.66. The van der Waals surface area contributed by atoms with E-state index in [1.165, 1.54) is 6.42 Å². The largest absolute Gasteiger partial charge is 0.497 e. The van der Waals surface area contributed by atoms with Gasteiger partial charge in [-0.15, -0.1) is 0 Å². The Balaban J connectivity index is 1.81. The second-order valence-corrected chi connectivity index (χ2v) is 9.82. The summed E-state index contributed by atoms with van der Waals surface area (Å²) in [5.41, 5.74) is 5.45. The molecule has 0 saturated carbocycles. The van der Waals surface area contributed by atoms with E-state index in [-0.39, 0.29) is 6.09 Å². The lowest BCUT2D eigenvalue weighted by Crippen LogP contribution is -2.40. The van der Waals surface area contributed by atoms with E-state index < -0.39 is 5.60 Å². The predicted molar refractivity (Wildman–Crippen MR) is 130 cm³/mol. The molecule has 2 aliphatic rings. The Kier molecular flexibility index (Phi) is 6.51. The van der Waals surface area contributed by atoms with Crippen LogP contribution in [0, 0.1) is 11.3 Å². The molecule has 0 bridgehead atoms. The van der Waals surface area contributed by atoms with Gasteiger partial charge in [0.1, 0.15) is 17.4 Å². The molecular formula is C27H33N3O3. The van der Waals surface area contributed by atoms with Gasteiger partial charge in [0.15, 0.2) is 0 Å². The number of amides is 1. The number of hydrogen-bond acceptors (Lipinski definition) is 5. The third kappa shape index (κ3) is 4.93. The average Bonchev–Trinajstić information content (AvgIpc) is 2.82. The molecule has 0 radical (unpaired) electrons. The van der Waals surface area contributed by atoms with Gasteiger partial charge in [0.05, 0.1) is 18.4 Å². The Morgan fingerprint density at radius 3 is 2.33 bits per heavy atom. The van der Waals surface area contributed by atoms with Gasteiger partial charge < -0.3 is 19.3 Å². The summed E-state index contributed by atoms with van der Waals surface area (Å²) >= 11 is 0. The van der Waals surface area contributed by atoms with Crippen molar-refractivity contribution in [3.63, 3.8) is 0 Å². The van der Waals surface area contributed by atoms with Crippen LogP contribution in [0.5, 0.6) is 5.75 Å². The minimum Gasteiger partial charge on any atom is -0.497 e. The molecule has 1 fully saturated rings. The van der Waals surface area contributed by atoms with Crippen molar-refractivity contribution in [2.75, 3.05) is 31.6 Å². The van der Waals surface area contributed by atoms with E-state index in [4.69, 9.17) is 9.47 Å². The summed E-state index contributed by atoms with van der Waals surface area (Å²) in [5, 5.41) is 10.2. The van der Waals surface area contributed by atoms with Gasteiger partial charge in [0.25, 0.3) is 0 Å². The maximum absolute atomic E-state index is 12.8. The Morgan fingerprint density at radius 1 is 1.03 bits per heavy atom. The molecule has 0 N–H and O–H groups in total. The molecule has 6 heteroatoms. The molecule has 4 rings (SSSR count). The summed E-state index contributed by atoms with van der Waals surface area (Å²) < 4.78 is 11.0. The van der Waals surface area contributed by atoms with Crippen LogP contribution in [0.3, 0.4) is 0 Å². The summed E-state index contributed by atoms with van der Waals surface area (Å²) in [6.07, 6.45) is 3.85. The highest BCUT2D eigenvalue weighted by atomic mass is 16.6. The average molecular weight is 448 g/mol. The number of carbonyl (C=O) groups excluding carboxylic acids is 1. The number of ether oxygens (including phenoxy) is 2. The first-order valence-electron chi connectivity index (χ1n) is 11.8. The number of nitriles is 1. The molecule has 0 aliphatic carbocycles. The number of nitrogens with zero attached hydrogens (tertiary/aromatic N) is 3. The van der Waals surface area contributed by atoms with Crippen LogP contribution in [0.4, 0.5) is 10.5 Å². The van der Waals surface area contributed by atoms with Crippen molar-refractivity contribution in [3.8, 4) is 22.9 Å². The number of benzene rings is 2. The summed E-state index contributed by atoms with van der Waals surface area (Å²) in [6, 6.07) is 12.7. The smallest absolute Gasteiger partial charge is 0.410 e. The third-order valence-electron chi connectivity index (χ3n) is 6.37. The normalized spacial score (nSPS) is 16.1. The first kappa shape index (κ1) is 23.0. The molecule has 33 heavy (non-hydrogen) atoms.